The molecular weight excluding hydrogens is 190 g/mol. The maximum Gasteiger partial charge on any atom is 0.320 e. The number of carbonyl (C=O) groups is 1. The Balaban J connectivity index is 0. The Morgan fingerprint density at radius 1 is 1.50 bits per heavy atom. The molecule has 0 amide bonds. The molecule has 0 unspecified atom stereocenters. The number of nitrogens with two attached hydrogens (primary N) is 1. The first-order valence-electron chi connectivity index (χ1n) is 2.76. The lowest BCUT2D eigenvalue weighted by Crippen LogP contribution is -2.32. The Labute approximate surface area is 69.2 Å². The van der Waals surface area contributed by atoms with Crippen molar-refractivity contribution in [3.8, 4) is 0 Å². The van der Waals surface area contributed by atoms with E-state index in [2.05, 4.69) is 0 Å². The average Bonchev–Trinajstić information content (AvgIpc) is 1.80. The van der Waals surface area contributed by atoms with Crippen LogP contribution in [0.4, 0.5) is 0 Å². The van der Waals surface area contributed by atoms with Crippen LogP contribution in [0.1, 0.15) is 6.42 Å². The molecule has 0 bridgehead atoms. The highest BCUT2D eigenvalue weighted by molar-refractivity contribution is 7.85. The topological polar surface area (TPSA) is 149 Å². The third kappa shape index (κ3) is 7.41. The van der Waals surface area contributed by atoms with E-state index in [4.69, 9.17) is 15.4 Å². The molecule has 0 fully saturated rings. The van der Waals surface area contributed by atoms with Gasteiger partial charge in [-0.05, 0) is 6.42 Å². The molecule has 0 heterocycles. The van der Waals surface area contributed by atoms with Crippen LogP contribution < -0.4 is 5.73 Å². The van der Waals surface area contributed by atoms with Crippen molar-refractivity contribution in [3.05, 3.63) is 0 Å². The molecule has 7 nitrogen and oxygen atoms in total. The summed E-state index contributed by atoms with van der Waals surface area (Å²) >= 11 is 0. The fraction of sp³-hybridized carbons (Fsp3) is 0.750. The highest BCUT2D eigenvalue weighted by Gasteiger charge is 2.14. The first-order chi connectivity index (χ1) is 4.83. The normalized spacial score (nSPS) is 13.2. The molecule has 0 aromatic heterocycles. The standard InChI is InChI=1S/C4H9NO5S.H2O/c5-3(4(6)7)1-2-11(8,9)10;/h3H,1-2,5H2,(H,6,7)(H,8,9,10);1H2/t3-;/m0./s1. The van der Waals surface area contributed by atoms with E-state index in [0.717, 1.165) is 0 Å². The minimum Gasteiger partial charge on any atom is -0.480 e. The minimum atomic E-state index is -4.10. The largest absolute Gasteiger partial charge is 0.480 e. The molecule has 0 aliphatic heterocycles. The van der Waals surface area contributed by atoms with Crippen LogP contribution in [-0.4, -0.2) is 41.3 Å². The summed E-state index contributed by atoms with van der Waals surface area (Å²) < 4.78 is 28.3. The predicted octanol–water partition coefficient (Wildman–Crippen LogP) is -2.15. The Kier molecular flexibility index (Phi) is 5.82. The van der Waals surface area contributed by atoms with Crippen molar-refractivity contribution in [2.75, 3.05) is 5.75 Å². The molecule has 1 atom stereocenters. The van der Waals surface area contributed by atoms with Crippen LogP contribution in [0.15, 0.2) is 0 Å². The zero-order valence-electron chi connectivity index (χ0n) is 6.10. The van der Waals surface area contributed by atoms with Crippen LogP contribution in [0.3, 0.4) is 0 Å². The summed E-state index contributed by atoms with van der Waals surface area (Å²) in [7, 11) is -4.10. The van der Waals surface area contributed by atoms with E-state index in [-0.39, 0.29) is 11.9 Å². The fourth-order valence-electron chi connectivity index (χ4n) is 0.399. The van der Waals surface area contributed by atoms with Gasteiger partial charge in [-0.15, -0.1) is 0 Å². The summed E-state index contributed by atoms with van der Waals surface area (Å²) in [6.07, 6.45) is -0.284. The molecular formula is C4H11NO6S. The van der Waals surface area contributed by atoms with Crippen LogP contribution in [0.2, 0.25) is 0 Å². The molecule has 12 heavy (non-hydrogen) atoms. The second kappa shape index (κ2) is 5.04. The van der Waals surface area contributed by atoms with Crippen molar-refractivity contribution in [2.45, 2.75) is 12.5 Å². The van der Waals surface area contributed by atoms with E-state index in [1.54, 1.807) is 0 Å². The van der Waals surface area contributed by atoms with Gasteiger partial charge in [0.2, 0.25) is 0 Å². The zero-order chi connectivity index (χ0) is 9.07. The third-order valence-electron chi connectivity index (χ3n) is 1.00. The summed E-state index contributed by atoms with van der Waals surface area (Å²) in [5.41, 5.74) is 4.95. The van der Waals surface area contributed by atoms with Gasteiger partial charge in [0.25, 0.3) is 10.1 Å². The van der Waals surface area contributed by atoms with Gasteiger partial charge in [0.1, 0.15) is 6.04 Å². The van der Waals surface area contributed by atoms with Gasteiger partial charge in [-0.3, -0.25) is 9.35 Å². The molecule has 6 N–H and O–H groups in total. The van der Waals surface area contributed by atoms with E-state index in [9.17, 15) is 13.2 Å². The third-order valence-corrected chi connectivity index (χ3v) is 1.76. The van der Waals surface area contributed by atoms with Gasteiger partial charge in [-0.25, -0.2) is 0 Å². The van der Waals surface area contributed by atoms with Crippen molar-refractivity contribution in [1.29, 1.82) is 0 Å². The van der Waals surface area contributed by atoms with Crippen molar-refractivity contribution in [2.24, 2.45) is 5.73 Å². The van der Waals surface area contributed by atoms with Gasteiger partial charge in [0, 0.05) is 0 Å². The number of carboxylic acids is 1. The molecule has 0 radical (unpaired) electrons. The van der Waals surface area contributed by atoms with Crippen LogP contribution >= 0.6 is 0 Å². The van der Waals surface area contributed by atoms with E-state index in [1.165, 1.54) is 0 Å². The lowest BCUT2D eigenvalue weighted by Gasteiger charge is -2.02. The number of hydrogen-bond acceptors (Lipinski definition) is 4. The molecule has 8 heteroatoms. The van der Waals surface area contributed by atoms with Crippen molar-refractivity contribution in [3.63, 3.8) is 0 Å². The zero-order valence-corrected chi connectivity index (χ0v) is 6.91. The second-order valence-electron chi connectivity index (χ2n) is 2.02. The van der Waals surface area contributed by atoms with Gasteiger partial charge in [-0.2, -0.15) is 8.42 Å². The molecule has 0 spiro atoms. The molecule has 0 saturated carbocycles. The smallest absolute Gasteiger partial charge is 0.320 e. The highest BCUT2D eigenvalue weighted by atomic mass is 32.2. The predicted molar refractivity (Wildman–Crippen MR) is 40.3 cm³/mol. The first-order valence-corrected chi connectivity index (χ1v) is 4.37. The van der Waals surface area contributed by atoms with E-state index in [1.807, 2.05) is 0 Å². The molecule has 0 aliphatic rings. The lowest BCUT2D eigenvalue weighted by atomic mass is 10.2. The fourth-order valence-corrected chi connectivity index (χ4v) is 0.951. The van der Waals surface area contributed by atoms with Gasteiger partial charge < -0.3 is 16.3 Å². The van der Waals surface area contributed by atoms with Gasteiger partial charge in [0.05, 0.1) is 5.75 Å². The molecule has 0 aromatic carbocycles. The number of hydrogen-bond donors (Lipinski definition) is 3. The Morgan fingerprint density at radius 2 is 1.92 bits per heavy atom. The number of carboxylic acid groups (broad SMARTS) is 1. The van der Waals surface area contributed by atoms with Gasteiger partial charge >= 0.3 is 5.97 Å². The van der Waals surface area contributed by atoms with E-state index < -0.39 is 27.9 Å². The highest BCUT2D eigenvalue weighted by Crippen LogP contribution is 1.92. The van der Waals surface area contributed by atoms with Crippen molar-refractivity contribution >= 4 is 16.1 Å². The van der Waals surface area contributed by atoms with Crippen LogP contribution in [0, 0.1) is 0 Å². The van der Waals surface area contributed by atoms with Gasteiger partial charge in [-0.1, -0.05) is 0 Å². The van der Waals surface area contributed by atoms with Crippen molar-refractivity contribution < 1.29 is 28.3 Å². The lowest BCUT2D eigenvalue weighted by molar-refractivity contribution is -0.138. The summed E-state index contributed by atoms with van der Waals surface area (Å²) in [5.74, 6) is -1.91. The Bertz CT molecular complexity index is 234. The number of aliphatic carboxylic acids is 1. The summed E-state index contributed by atoms with van der Waals surface area (Å²) in [4.78, 5) is 10.0. The van der Waals surface area contributed by atoms with Crippen molar-refractivity contribution in [1.82, 2.24) is 0 Å². The number of rotatable bonds is 4. The maximum atomic E-state index is 10.1. The summed E-state index contributed by atoms with van der Waals surface area (Å²) in [6.45, 7) is 0. The summed E-state index contributed by atoms with van der Waals surface area (Å²) in [5, 5.41) is 8.18. The van der Waals surface area contributed by atoms with Crippen LogP contribution in [-0.2, 0) is 14.9 Å². The molecule has 0 rings (SSSR count). The minimum absolute atomic E-state index is 0. The maximum absolute atomic E-state index is 10.1. The SMILES string of the molecule is N[C@@H](CCS(=O)(=O)O)C(=O)O.O. The van der Waals surface area contributed by atoms with Gasteiger partial charge in [0.15, 0.2) is 0 Å². The van der Waals surface area contributed by atoms with Crippen LogP contribution in [0.5, 0.6) is 0 Å². The monoisotopic (exact) mass is 201 g/mol. The van der Waals surface area contributed by atoms with Crippen LogP contribution in [0.25, 0.3) is 0 Å². The molecule has 74 valence electrons. The molecule has 0 aromatic rings. The Morgan fingerprint density at radius 3 is 2.17 bits per heavy atom. The first kappa shape index (κ1) is 13.9. The quantitative estimate of drug-likeness (QED) is 0.441. The Hall–Kier alpha value is -0.700. The molecule has 0 aliphatic carbocycles. The second-order valence-corrected chi connectivity index (χ2v) is 3.59. The molecule has 0 saturated heterocycles. The van der Waals surface area contributed by atoms with E-state index >= 15 is 0 Å². The average molecular weight is 201 g/mol. The van der Waals surface area contributed by atoms with E-state index in [0.29, 0.717) is 0 Å². The summed E-state index contributed by atoms with van der Waals surface area (Å²) in [6, 6.07) is -1.24.